The van der Waals surface area contributed by atoms with Gasteiger partial charge >= 0.3 is 5.97 Å². The molecule has 0 bridgehead atoms. The Balaban J connectivity index is 2.03. The predicted octanol–water partition coefficient (Wildman–Crippen LogP) is 3.67. The molecule has 0 radical (unpaired) electrons. The predicted molar refractivity (Wildman–Crippen MR) is 90.7 cm³/mol. The van der Waals surface area contributed by atoms with Crippen LogP contribution in [0.15, 0.2) is 42.5 Å². The lowest BCUT2D eigenvalue weighted by molar-refractivity contribution is -0.138. The van der Waals surface area contributed by atoms with Crippen LogP contribution >= 0.6 is 0 Å². The van der Waals surface area contributed by atoms with Crippen LogP contribution in [0.25, 0.3) is 0 Å². The Labute approximate surface area is 136 Å². The monoisotopic (exact) mass is 311 g/mol. The van der Waals surface area contributed by atoms with Crippen molar-refractivity contribution in [2.24, 2.45) is 0 Å². The summed E-state index contributed by atoms with van der Waals surface area (Å²) in [4.78, 5) is 23.1. The fourth-order valence-corrected chi connectivity index (χ4v) is 2.37. The van der Waals surface area contributed by atoms with Crippen LogP contribution in [0.1, 0.15) is 35.1 Å². The van der Waals surface area contributed by atoms with Gasteiger partial charge in [0.25, 0.3) is 0 Å². The maximum absolute atomic E-state index is 12.2. The third-order valence-corrected chi connectivity index (χ3v) is 3.92. The Hall–Kier alpha value is -2.62. The number of benzene rings is 2. The molecule has 1 atom stereocenters. The molecule has 2 rings (SSSR count). The lowest BCUT2D eigenvalue weighted by Gasteiger charge is -2.10. The summed E-state index contributed by atoms with van der Waals surface area (Å²) in [5.74, 6) is -1.51. The minimum absolute atomic E-state index is 0.0854. The molecule has 0 spiro atoms. The second-order valence-electron chi connectivity index (χ2n) is 5.84. The summed E-state index contributed by atoms with van der Waals surface area (Å²) in [6.07, 6.45) is 0.320. The van der Waals surface area contributed by atoms with Crippen LogP contribution in [0.2, 0.25) is 0 Å². The Morgan fingerprint density at radius 1 is 1.09 bits per heavy atom. The average Bonchev–Trinajstić information content (AvgIpc) is 2.51. The van der Waals surface area contributed by atoms with Crippen LogP contribution in [0.5, 0.6) is 0 Å². The molecule has 0 aliphatic heterocycles. The number of hydrogen-bond donors (Lipinski definition) is 2. The number of anilines is 1. The van der Waals surface area contributed by atoms with Crippen molar-refractivity contribution in [3.8, 4) is 0 Å². The van der Waals surface area contributed by atoms with Gasteiger partial charge in [-0.3, -0.25) is 9.59 Å². The second kappa shape index (κ2) is 7.09. The normalized spacial score (nSPS) is 11.8. The van der Waals surface area contributed by atoms with E-state index in [9.17, 15) is 9.59 Å². The molecule has 23 heavy (non-hydrogen) atoms. The summed E-state index contributed by atoms with van der Waals surface area (Å²) in [5.41, 5.74) is 4.62. The first kappa shape index (κ1) is 16.7. The third kappa shape index (κ3) is 4.42. The number of amides is 1. The number of carbonyl (C=O) groups excluding carboxylic acids is 1. The molecule has 2 aromatic rings. The van der Waals surface area contributed by atoms with Crippen molar-refractivity contribution in [2.75, 3.05) is 5.32 Å². The Morgan fingerprint density at radius 3 is 2.35 bits per heavy atom. The van der Waals surface area contributed by atoms with Gasteiger partial charge < -0.3 is 10.4 Å². The van der Waals surface area contributed by atoms with E-state index in [1.54, 1.807) is 31.2 Å². The minimum atomic E-state index is -0.864. The highest BCUT2D eigenvalue weighted by molar-refractivity contribution is 5.92. The van der Waals surface area contributed by atoms with Crippen LogP contribution in [0, 0.1) is 13.8 Å². The number of carbonyl (C=O) groups is 2. The molecule has 120 valence electrons. The molecule has 0 aromatic heterocycles. The lowest BCUT2D eigenvalue weighted by Crippen LogP contribution is -2.15. The molecule has 4 nitrogen and oxygen atoms in total. The first-order chi connectivity index (χ1) is 10.9. The van der Waals surface area contributed by atoms with Gasteiger partial charge in [0.05, 0.1) is 12.3 Å². The fourth-order valence-electron chi connectivity index (χ4n) is 2.37. The van der Waals surface area contributed by atoms with Crippen LogP contribution in [0.4, 0.5) is 5.69 Å². The number of hydrogen-bond acceptors (Lipinski definition) is 2. The standard InChI is InChI=1S/C19H21NO3/c1-12-4-5-13(2)16(10-12)11-18(21)20-17-8-6-15(7-9-17)14(3)19(22)23/h4-10,14H,11H2,1-3H3,(H,20,21)(H,22,23). The van der Waals surface area contributed by atoms with E-state index in [0.29, 0.717) is 17.7 Å². The molecular weight excluding hydrogens is 290 g/mol. The number of aryl methyl sites for hydroxylation is 2. The van der Waals surface area contributed by atoms with Crippen LogP contribution in [-0.2, 0) is 16.0 Å². The van der Waals surface area contributed by atoms with E-state index in [0.717, 1.165) is 16.7 Å². The molecule has 1 unspecified atom stereocenters. The van der Waals surface area contributed by atoms with Crippen molar-refractivity contribution in [1.82, 2.24) is 0 Å². The van der Waals surface area contributed by atoms with Gasteiger partial charge in [0, 0.05) is 5.69 Å². The summed E-state index contributed by atoms with van der Waals surface area (Å²) >= 11 is 0. The number of rotatable bonds is 5. The average molecular weight is 311 g/mol. The van der Waals surface area contributed by atoms with E-state index in [1.165, 1.54) is 0 Å². The second-order valence-corrected chi connectivity index (χ2v) is 5.84. The highest BCUT2D eigenvalue weighted by Crippen LogP contribution is 2.19. The summed E-state index contributed by atoms with van der Waals surface area (Å²) in [5, 5.41) is 11.8. The Kier molecular flexibility index (Phi) is 5.16. The minimum Gasteiger partial charge on any atom is -0.481 e. The highest BCUT2D eigenvalue weighted by Gasteiger charge is 2.13. The maximum Gasteiger partial charge on any atom is 0.310 e. The smallest absolute Gasteiger partial charge is 0.310 e. The zero-order valence-electron chi connectivity index (χ0n) is 13.6. The van der Waals surface area contributed by atoms with Crippen molar-refractivity contribution in [1.29, 1.82) is 0 Å². The molecule has 0 aliphatic rings. The van der Waals surface area contributed by atoms with Gasteiger partial charge in [-0.25, -0.2) is 0 Å². The quantitative estimate of drug-likeness (QED) is 0.885. The molecule has 0 fully saturated rings. The first-order valence-corrected chi connectivity index (χ1v) is 7.55. The number of carboxylic acids is 1. The molecule has 4 heteroatoms. The van der Waals surface area contributed by atoms with E-state index in [1.807, 2.05) is 32.0 Å². The number of aliphatic carboxylic acids is 1. The zero-order chi connectivity index (χ0) is 17.0. The van der Waals surface area contributed by atoms with Crippen LogP contribution in [0.3, 0.4) is 0 Å². The van der Waals surface area contributed by atoms with Gasteiger partial charge in [0.1, 0.15) is 0 Å². The Morgan fingerprint density at radius 2 is 1.74 bits per heavy atom. The van der Waals surface area contributed by atoms with Gasteiger partial charge in [-0.1, -0.05) is 35.9 Å². The van der Waals surface area contributed by atoms with Gasteiger partial charge in [-0.05, 0) is 49.6 Å². The summed E-state index contributed by atoms with van der Waals surface area (Å²) in [6.45, 7) is 5.63. The lowest BCUT2D eigenvalue weighted by atomic mass is 10.0. The Bertz CT molecular complexity index is 720. The highest BCUT2D eigenvalue weighted by atomic mass is 16.4. The van der Waals surface area contributed by atoms with Crippen LogP contribution in [-0.4, -0.2) is 17.0 Å². The number of nitrogens with one attached hydrogen (secondary N) is 1. The molecule has 1 amide bonds. The van der Waals surface area contributed by atoms with E-state index >= 15 is 0 Å². The van der Waals surface area contributed by atoms with Gasteiger partial charge in [-0.15, -0.1) is 0 Å². The molecule has 0 heterocycles. The molecule has 2 N–H and O–H groups in total. The molecule has 0 saturated heterocycles. The molecule has 0 aliphatic carbocycles. The fraction of sp³-hybridized carbons (Fsp3) is 0.263. The summed E-state index contributed by atoms with van der Waals surface area (Å²) < 4.78 is 0. The van der Waals surface area contributed by atoms with E-state index in [2.05, 4.69) is 5.32 Å². The van der Waals surface area contributed by atoms with E-state index in [-0.39, 0.29) is 5.91 Å². The van der Waals surface area contributed by atoms with Crippen molar-refractivity contribution in [2.45, 2.75) is 33.1 Å². The topological polar surface area (TPSA) is 66.4 Å². The van der Waals surface area contributed by atoms with Crippen molar-refractivity contribution < 1.29 is 14.7 Å². The van der Waals surface area contributed by atoms with Crippen molar-refractivity contribution >= 4 is 17.6 Å². The number of carboxylic acid groups (broad SMARTS) is 1. The van der Waals surface area contributed by atoms with Gasteiger partial charge in [-0.2, -0.15) is 0 Å². The largest absolute Gasteiger partial charge is 0.481 e. The zero-order valence-corrected chi connectivity index (χ0v) is 13.6. The molecule has 0 saturated carbocycles. The molecular formula is C19H21NO3. The van der Waals surface area contributed by atoms with E-state index in [4.69, 9.17) is 5.11 Å². The molecule has 2 aromatic carbocycles. The summed E-state index contributed by atoms with van der Waals surface area (Å²) in [7, 11) is 0. The SMILES string of the molecule is Cc1ccc(C)c(CC(=O)Nc2ccc(C(C)C(=O)O)cc2)c1. The third-order valence-electron chi connectivity index (χ3n) is 3.92. The van der Waals surface area contributed by atoms with Crippen LogP contribution < -0.4 is 5.32 Å². The van der Waals surface area contributed by atoms with Gasteiger partial charge in [0.2, 0.25) is 5.91 Å². The van der Waals surface area contributed by atoms with E-state index < -0.39 is 11.9 Å². The van der Waals surface area contributed by atoms with Crippen molar-refractivity contribution in [3.63, 3.8) is 0 Å². The van der Waals surface area contributed by atoms with Crippen molar-refractivity contribution in [3.05, 3.63) is 64.7 Å². The summed E-state index contributed by atoms with van der Waals surface area (Å²) in [6, 6.07) is 13.0. The first-order valence-electron chi connectivity index (χ1n) is 7.55. The maximum atomic E-state index is 12.2. The van der Waals surface area contributed by atoms with Gasteiger partial charge in [0.15, 0.2) is 0 Å².